The summed E-state index contributed by atoms with van der Waals surface area (Å²) in [6, 6.07) is 13.4. The summed E-state index contributed by atoms with van der Waals surface area (Å²) < 4.78 is 10.8. The van der Waals surface area contributed by atoms with Gasteiger partial charge in [-0.3, -0.25) is 0 Å². The van der Waals surface area contributed by atoms with Crippen molar-refractivity contribution in [2.75, 3.05) is 51.3 Å². The smallest absolute Gasteiger partial charge is 0.137 e. The lowest BCUT2D eigenvalue weighted by Gasteiger charge is -2.35. The second kappa shape index (κ2) is 9.31. The summed E-state index contributed by atoms with van der Waals surface area (Å²) in [5.41, 5.74) is 2.46. The van der Waals surface area contributed by atoms with Crippen LogP contribution >= 0.6 is 11.6 Å². The van der Waals surface area contributed by atoms with Crippen molar-refractivity contribution in [2.45, 2.75) is 13.0 Å². The second-order valence-electron chi connectivity index (χ2n) is 7.01. The number of methoxy groups -OCH3 is 1. The van der Waals surface area contributed by atoms with E-state index in [1.165, 1.54) is 16.2 Å². The molecule has 146 valence electrons. The molecule has 6 heteroatoms. The van der Waals surface area contributed by atoms with Crippen LogP contribution in [0.2, 0.25) is 5.02 Å². The molecule has 1 aliphatic rings. The Balaban J connectivity index is 1.43. The van der Waals surface area contributed by atoms with Gasteiger partial charge in [0.05, 0.1) is 33.3 Å². The number of piperazine rings is 1. The van der Waals surface area contributed by atoms with Gasteiger partial charge in [0.25, 0.3) is 0 Å². The molecule has 0 unspecified atom stereocenters. The van der Waals surface area contributed by atoms with Gasteiger partial charge in [0, 0.05) is 10.7 Å². The number of aliphatic hydroxyl groups excluding tert-OH is 1. The molecule has 1 aliphatic heterocycles. The first kappa shape index (κ1) is 19.8. The van der Waals surface area contributed by atoms with Crippen molar-refractivity contribution in [3.63, 3.8) is 0 Å². The number of quaternary nitrogens is 1. The van der Waals surface area contributed by atoms with Crippen LogP contribution < -0.4 is 19.3 Å². The van der Waals surface area contributed by atoms with Gasteiger partial charge in [-0.2, -0.15) is 0 Å². The van der Waals surface area contributed by atoms with E-state index in [0.29, 0.717) is 13.2 Å². The van der Waals surface area contributed by atoms with Gasteiger partial charge >= 0.3 is 0 Å². The predicted octanol–water partition coefficient (Wildman–Crippen LogP) is 1.80. The van der Waals surface area contributed by atoms with Crippen LogP contribution in [0.3, 0.4) is 0 Å². The maximum atomic E-state index is 10.3. The molecule has 2 N–H and O–H groups in total. The van der Waals surface area contributed by atoms with Crippen molar-refractivity contribution in [3.8, 4) is 11.5 Å². The molecule has 2 aromatic rings. The first-order valence-electron chi connectivity index (χ1n) is 9.34. The quantitative estimate of drug-likeness (QED) is 0.755. The van der Waals surface area contributed by atoms with Crippen LogP contribution in [-0.4, -0.2) is 57.7 Å². The molecule has 1 fully saturated rings. The van der Waals surface area contributed by atoms with Gasteiger partial charge < -0.3 is 24.4 Å². The van der Waals surface area contributed by atoms with Crippen molar-refractivity contribution < 1.29 is 19.5 Å². The van der Waals surface area contributed by atoms with Crippen molar-refractivity contribution in [1.29, 1.82) is 0 Å². The number of aliphatic hydroxyl groups is 1. The van der Waals surface area contributed by atoms with Crippen molar-refractivity contribution in [3.05, 3.63) is 53.1 Å². The topological polar surface area (TPSA) is 46.4 Å². The molecule has 0 saturated carbocycles. The third-order valence-corrected chi connectivity index (χ3v) is 5.24. The molecule has 0 amide bonds. The van der Waals surface area contributed by atoms with Crippen LogP contribution in [0.15, 0.2) is 42.5 Å². The van der Waals surface area contributed by atoms with E-state index in [2.05, 4.69) is 17.9 Å². The van der Waals surface area contributed by atoms with Crippen LogP contribution in [0.5, 0.6) is 11.5 Å². The fourth-order valence-electron chi connectivity index (χ4n) is 3.45. The molecule has 1 heterocycles. The van der Waals surface area contributed by atoms with E-state index in [1.54, 1.807) is 7.11 Å². The molecular weight excluding hydrogens is 364 g/mol. The van der Waals surface area contributed by atoms with E-state index in [-0.39, 0.29) is 0 Å². The van der Waals surface area contributed by atoms with E-state index >= 15 is 0 Å². The first-order chi connectivity index (χ1) is 13.0. The third-order valence-electron chi connectivity index (χ3n) is 5.01. The highest BCUT2D eigenvalue weighted by Crippen LogP contribution is 2.24. The number of anilines is 1. The largest absolute Gasteiger partial charge is 0.497 e. The molecule has 1 saturated heterocycles. The minimum absolute atomic E-state index is 0.299. The van der Waals surface area contributed by atoms with Gasteiger partial charge in [-0.15, -0.1) is 0 Å². The zero-order chi connectivity index (χ0) is 19.2. The zero-order valence-electron chi connectivity index (χ0n) is 16.0. The number of nitrogens with one attached hydrogen (secondary N) is 1. The third kappa shape index (κ3) is 5.51. The van der Waals surface area contributed by atoms with E-state index in [9.17, 15) is 5.11 Å². The fraction of sp³-hybridized carbons (Fsp3) is 0.429. The standard InChI is InChI=1S/C21H27ClN2O3/c1-16-3-4-17(22)13-21(16)24-11-9-23(10-12-24)14-18(25)15-27-20-7-5-19(26-2)6-8-20/h3-8,13,18,25H,9-12,14-15H2,1-2H3/p+1/t18-/m0/s1. The van der Waals surface area contributed by atoms with Gasteiger partial charge in [-0.25, -0.2) is 0 Å². The lowest BCUT2D eigenvalue weighted by atomic mass is 10.1. The Morgan fingerprint density at radius 3 is 2.44 bits per heavy atom. The maximum absolute atomic E-state index is 10.3. The van der Waals surface area contributed by atoms with Crippen LogP contribution in [0.4, 0.5) is 5.69 Å². The Kier molecular flexibility index (Phi) is 6.83. The molecule has 5 nitrogen and oxygen atoms in total. The summed E-state index contributed by atoms with van der Waals surface area (Å²) in [4.78, 5) is 3.78. The van der Waals surface area contributed by atoms with E-state index in [1.807, 2.05) is 36.4 Å². The minimum atomic E-state index is -0.485. The lowest BCUT2D eigenvalue weighted by Crippen LogP contribution is -3.16. The van der Waals surface area contributed by atoms with Crippen molar-refractivity contribution >= 4 is 17.3 Å². The first-order valence-corrected chi connectivity index (χ1v) is 9.72. The second-order valence-corrected chi connectivity index (χ2v) is 7.45. The van der Waals surface area contributed by atoms with Crippen molar-refractivity contribution in [1.82, 2.24) is 0 Å². The van der Waals surface area contributed by atoms with Gasteiger partial charge in [-0.05, 0) is 48.9 Å². The number of halogens is 1. The molecule has 0 aromatic heterocycles. The fourth-order valence-corrected chi connectivity index (χ4v) is 3.61. The Bertz CT molecular complexity index is 731. The molecule has 0 bridgehead atoms. The van der Waals surface area contributed by atoms with Crippen LogP contribution in [-0.2, 0) is 0 Å². The van der Waals surface area contributed by atoms with Crippen molar-refractivity contribution in [2.24, 2.45) is 0 Å². The van der Waals surface area contributed by atoms with Crippen LogP contribution in [0.1, 0.15) is 5.56 Å². The molecule has 0 aliphatic carbocycles. The highest BCUT2D eigenvalue weighted by molar-refractivity contribution is 6.30. The molecular formula is C21H28ClN2O3+. The Hall–Kier alpha value is -1.95. The number of ether oxygens (including phenoxy) is 2. The number of nitrogens with zero attached hydrogens (tertiary/aromatic N) is 1. The Morgan fingerprint density at radius 1 is 1.11 bits per heavy atom. The Labute approximate surface area is 166 Å². The summed E-state index contributed by atoms with van der Waals surface area (Å²) in [5, 5.41) is 11.1. The number of rotatable bonds is 7. The summed E-state index contributed by atoms with van der Waals surface area (Å²) in [5.74, 6) is 1.53. The normalized spacial score (nSPS) is 16.2. The zero-order valence-corrected chi connectivity index (χ0v) is 16.7. The number of aryl methyl sites for hydroxylation is 1. The molecule has 0 radical (unpaired) electrons. The summed E-state index contributed by atoms with van der Waals surface area (Å²) >= 11 is 6.15. The van der Waals surface area contributed by atoms with Crippen LogP contribution in [0.25, 0.3) is 0 Å². The van der Waals surface area contributed by atoms with Gasteiger partial charge in [0.2, 0.25) is 0 Å². The number of hydrogen-bond acceptors (Lipinski definition) is 4. The van der Waals surface area contributed by atoms with E-state index in [4.69, 9.17) is 21.1 Å². The summed E-state index contributed by atoms with van der Waals surface area (Å²) in [7, 11) is 1.63. The Morgan fingerprint density at radius 2 is 1.78 bits per heavy atom. The molecule has 1 atom stereocenters. The van der Waals surface area contributed by atoms with Gasteiger partial charge in [-0.1, -0.05) is 17.7 Å². The molecule has 27 heavy (non-hydrogen) atoms. The molecule has 3 rings (SSSR count). The van der Waals surface area contributed by atoms with E-state index < -0.39 is 6.10 Å². The molecule has 0 spiro atoms. The number of benzene rings is 2. The van der Waals surface area contributed by atoms with E-state index in [0.717, 1.165) is 42.7 Å². The van der Waals surface area contributed by atoms with Crippen LogP contribution in [0, 0.1) is 6.92 Å². The van der Waals surface area contributed by atoms with Gasteiger partial charge in [0.1, 0.15) is 30.8 Å². The van der Waals surface area contributed by atoms with Gasteiger partial charge in [0.15, 0.2) is 0 Å². The highest BCUT2D eigenvalue weighted by Gasteiger charge is 2.23. The highest BCUT2D eigenvalue weighted by atomic mass is 35.5. The summed E-state index contributed by atoms with van der Waals surface area (Å²) in [6.07, 6.45) is -0.485. The summed E-state index contributed by atoms with van der Waals surface area (Å²) in [6.45, 7) is 7.01. The lowest BCUT2D eigenvalue weighted by molar-refractivity contribution is -0.903. The number of hydrogen-bond donors (Lipinski definition) is 2. The monoisotopic (exact) mass is 391 g/mol. The average Bonchev–Trinajstić information content (AvgIpc) is 2.69. The predicted molar refractivity (Wildman–Crippen MR) is 108 cm³/mol. The average molecular weight is 392 g/mol. The maximum Gasteiger partial charge on any atom is 0.137 e. The molecule has 2 aromatic carbocycles. The minimum Gasteiger partial charge on any atom is -0.497 e. The SMILES string of the molecule is COc1ccc(OC[C@@H](O)C[NH+]2CCN(c3cc(Cl)ccc3C)CC2)cc1.